The van der Waals surface area contributed by atoms with Crippen LogP contribution in [0.1, 0.15) is 58.2 Å². The van der Waals surface area contributed by atoms with Crippen molar-refractivity contribution >= 4 is 27.8 Å². The Bertz CT molecular complexity index is 1070. The first-order valence-electron chi connectivity index (χ1n) is 9.48. The van der Waals surface area contributed by atoms with Crippen molar-refractivity contribution in [2.45, 2.75) is 52.4 Å². The summed E-state index contributed by atoms with van der Waals surface area (Å²) in [6, 6.07) is 12.3. The fourth-order valence-corrected chi connectivity index (χ4v) is 4.17. The first-order valence-corrected chi connectivity index (χ1v) is 10.3. The van der Waals surface area contributed by atoms with E-state index in [2.05, 4.69) is 68.4 Å². The van der Waals surface area contributed by atoms with Gasteiger partial charge in [0.05, 0.1) is 16.4 Å². The van der Waals surface area contributed by atoms with E-state index < -0.39 is 0 Å². The number of benzene rings is 2. The van der Waals surface area contributed by atoms with Crippen LogP contribution in [-0.4, -0.2) is 15.9 Å². The molecule has 5 heteroatoms. The van der Waals surface area contributed by atoms with Crippen LogP contribution >= 0.6 is 11.3 Å². The summed E-state index contributed by atoms with van der Waals surface area (Å²) in [4.78, 5) is 0.850. The topological polar surface area (TPSA) is 49.9 Å². The zero-order chi connectivity index (χ0) is 20.7. The number of nitrogens with zero attached hydrogens (tertiary/aromatic N) is 3. The van der Waals surface area contributed by atoms with Crippen molar-refractivity contribution in [1.82, 2.24) is 4.57 Å². The molecular weight excluding hydrogens is 366 g/mol. The molecule has 3 aromatic rings. The summed E-state index contributed by atoms with van der Waals surface area (Å²) in [6.07, 6.45) is 1.77. The number of rotatable bonds is 2. The number of hydrogen-bond donors (Lipinski definition) is 1. The molecule has 1 heterocycles. The molecule has 3 rings (SSSR count). The summed E-state index contributed by atoms with van der Waals surface area (Å²) in [7, 11) is 2.00. The van der Waals surface area contributed by atoms with Crippen molar-refractivity contribution in [3.05, 3.63) is 57.9 Å². The minimum atomic E-state index is -0.164. The lowest BCUT2D eigenvalue weighted by molar-refractivity contribution is 0.423. The summed E-state index contributed by atoms with van der Waals surface area (Å²) in [5, 5.41) is 19.6. The highest BCUT2D eigenvalue weighted by Gasteiger charge is 2.26. The fraction of sp³-hybridized carbons (Fsp3) is 0.391. The highest BCUT2D eigenvalue weighted by Crippen LogP contribution is 2.39. The lowest BCUT2D eigenvalue weighted by atomic mass is 9.78. The summed E-state index contributed by atoms with van der Waals surface area (Å²) >= 11 is 1.62. The average Bonchev–Trinajstić information content (AvgIpc) is 2.90. The van der Waals surface area contributed by atoms with E-state index >= 15 is 0 Å². The van der Waals surface area contributed by atoms with Gasteiger partial charge in [0.2, 0.25) is 4.80 Å². The van der Waals surface area contributed by atoms with Gasteiger partial charge >= 0.3 is 0 Å². The molecule has 0 fully saturated rings. The Balaban J connectivity index is 2.07. The van der Waals surface area contributed by atoms with Crippen LogP contribution in [0, 0.1) is 0 Å². The maximum atomic E-state index is 10.8. The molecule has 0 aliphatic rings. The third-order valence-electron chi connectivity index (χ3n) is 4.81. The van der Waals surface area contributed by atoms with Crippen molar-refractivity contribution in [2.75, 3.05) is 0 Å². The molecule has 0 spiro atoms. The minimum Gasteiger partial charge on any atom is -0.507 e. The third-order valence-corrected chi connectivity index (χ3v) is 5.92. The molecule has 0 unspecified atom stereocenters. The molecule has 0 amide bonds. The van der Waals surface area contributed by atoms with Crippen LogP contribution in [0.4, 0.5) is 0 Å². The van der Waals surface area contributed by atoms with Gasteiger partial charge < -0.3 is 9.67 Å². The van der Waals surface area contributed by atoms with Gasteiger partial charge in [0.1, 0.15) is 5.75 Å². The Hall–Kier alpha value is -2.40. The average molecular weight is 396 g/mol. The summed E-state index contributed by atoms with van der Waals surface area (Å²) < 4.78 is 3.24. The normalized spacial score (nSPS) is 13.8. The van der Waals surface area contributed by atoms with E-state index in [4.69, 9.17) is 0 Å². The summed E-state index contributed by atoms with van der Waals surface area (Å²) in [6.45, 7) is 12.6. The molecule has 2 aromatic carbocycles. The first kappa shape index (κ1) is 20.3. The Morgan fingerprint density at radius 3 is 2.07 bits per heavy atom. The van der Waals surface area contributed by atoms with Gasteiger partial charge in [-0.15, -0.1) is 5.10 Å². The summed E-state index contributed by atoms with van der Waals surface area (Å²) in [5.41, 5.74) is 3.62. The van der Waals surface area contributed by atoms with E-state index in [1.807, 2.05) is 31.3 Å². The predicted octanol–water partition coefficient (Wildman–Crippen LogP) is 5.48. The Morgan fingerprint density at radius 2 is 1.54 bits per heavy atom. The molecule has 28 heavy (non-hydrogen) atoms. The number of fused-ring (bicyclic) bond motifs is 1. The SMILES string of the molecule is Cn1c(=N/N=C/c2cc(C(C)(C)C)c(O)c(C(C)(C)C)c2)sc2ccccc21. The number of phenolic OH excluding ortho intramolecular Hbond substituents is 1. The van der Waals surface area contributed by atoms with Gasteiger partial charge in [0.15, 0.2) is 0 Å². The quantitative estimate of drug-likeness (QED) is 0.454. The van der Waals surface area contributed by atoms with Crippen LogP contribution in [-0.2, 0) is 17.9 Å². The molecule has 0 aliphatic heterocycles. The van der Waals surface area contributed by atoms with Gasteiger partial charge in [0.25, 0.3) is 0 Å². The van der Waals surface area contributed by atoms with E-state index in [0.717, 1.165) is 27.0 Å². The van der Waals surface area contributed by atoms with Gasteiger partial charge in [-0.05, 0) is 40.7 Å². The molecule has 148 valence electrons. The number of hydrogen-bond acceptors (Lipinski definition) is 4. The van der Waals surface area contributed by atoms with E-state index in [9.17, 15) is 5.11 Å². The molecule has 0 saturated carbocycles. The fourth-order valence-electron chi connectivity index (χ4n) is 3.20. The summed E-state index contributed by atoms with van der Waals surface area (Å²) in [5.74, 6) is 0.380. The molecule has 0 aliphatic carbocycles. The number of aromatic hydroxyl groups is 1. The number of para-hydroxylation sites is 1. The van der Waals surface area contributed by atoms with Crippen LogP contribution < -0.4 is 4.80 Å². The van der Waals surface area contributed by atoms with Crippen molar-refractivity contribution in [3.8, 4) is 5.75 Å². The second-order valence-electron chi connectivity index (χ2n) is 9.22. The van der Waals surface area contributed by atoms with Gasteiger partial charge in [-0.2, -0.15) is 5.10 Å². The third kappa shape index (κ3) is 4.04. The number of aryl methyl sites for hydroxylation is 1. The lowest BCUT2D eigenvalue weighted by Gasteiger charge is -2.27. The molecular formula is C23H29N3OS. The van der Waals surface area contributed by atoms with E-state index in [0.29, 0.717) is 5.75 Å². The minimum absolute atomic E-state index is 0.164. The molecule has 0 radical (unpaired) electrons. The highest BCUT2D eigenvalue weighted by molar-refractivity contribution is 7.16. The van der Waals surface area contributed by atoms with Crippen molar-refractivity contribution < 1.29 is 5.11 Å². The monoisotopic (exact) mass is 395 g/mol. The molecule has 0 saturated heterocycles. The number of aromatic nitrogens is 1. The smallest absolute Gasteiger partial charge is 0.211 e. The second kappa shape index (κ2) is 7.21. The Labute approximate surface area is 170 Å². The molecule has 1 N–H and O–H groups in total. The Kier molecular flexibility index (Phi) is 5.24. The largest absolute Gasteiger partial charge is 0.507 e. The molecule has 4 nitrogen and oxygen atoms in total. The molecule has 1 aromatic heterocycles. The van der Waals surface area contributed by atoms with Crippen molar-refractivity contribution in [2.24, 2.45) is 17.3 Å². The van der Waals surface area contributed by atoms with Crippen LogP contribution in [0.5, 0.6) is 5.75 Å². The van der Waals surface area contributed by atoms with Crippen LogP contribution in [0.15, 0.2) is 46.6 Å². The lowest BCUT2D eigenvalue weighted by Crippen LogP contribution is -2.17. The van der Waals surface area contributed by atoms with Gasteiger partial charge in [-0.25, -0.2) is 0 Å². The van der Waals surface area contributed by atoms with E-state index in [1.165, 1.54) is 4.70 Å². The van der Waals surface area contributed by atoms with Gasteiger partial charge in [-0.1, -0.05) is 65.0 Å². The van der Waals surface area contributed by atoms with Crippen molar-refractivity contribution in [3.63, 3.8) is 0 Å². The maximum Gasteiger partial charge on any atom is 0.211 e. The van der Waals surface area contributed by atoms with Crippen molar-refractivity contribution in [1.29, 1.82) is 0 Å². The highest BCUT2D eigenvalue weighted by atomic mass is 32.1. The zero-order valence-electron chi connectivity index (χ0n) is 17.7. The number of phenols is 1. The van der Waals surface area contributed by atoms with Gasteiger partial charge in [-0.3, -0.25) is 0 Å². The molecule has 0 atom stereocenters. The zero-order valence-corrected chi connectivity index (χ0v) is 18.6. The van der Waals surface area contributed by atoms with E-state index in [-0.39, 0.29) is 10.8 Å². The number of thiazole rings is 1. The standard InChI is InChI=1S/C23H29N3OS/c1-22(2,3)16-12-15(13-17(20(16)27)23(4,5)6)14-24-25-21-26(7)18-10-8-9-11-19(18)28-21/h8-14,27H,1-7H3/b24-14+,25-21?. The predicted molar refractivity (Wildman–Crippen MR) is 119 cm³/mol. The van der Waals surface area contributed by atoms with Crippen LogP contribution in [0.3, 0.4) is 0 Å². The van der Waals surface area contributed by atoms with E-state index in [1.54, 1.807) is 17.6 Å². The van der Waals surface area contributed by atoms with Crippen LogP contribution in [0.25, 0.3) is 10.2 Å². The second-order valence-corrected chi connectivity index (χ2v) is 10.2. The Morgan fingerprint density at radius 1 is 0.964 bits per heavy atom. The maximum absolute atomic E-state index is 10.8. The first-order chi connectivity index (χ1) is 13.0. The molecule has 0 bridgehead atoms. The van der Waals surface area contributed by atoms with Crippen LogP contribution in [0.2, 0.25) is 0 Å². The van der Waals surface area contributed by atoms with Gasteiger partial charge in [0, 0.05) is 18.2 Å².